The molecule has 1 heterocycles. The maximum atomic E-state index is 13.0. The van der Waals surface area contributed by atoms with Crippen LogP contribution in [0.25, 0.3) is 11.3 Å². The first-order chi connectivity index (χ1) is 13.0. The summed E-state index contributed by atoms with van der Waals surface area (Å²) < 4.78 is 18.0. The van der Waals surface area contributed by atoms with Gasteiger partial charge in [0.25, 0.3) is 5.91 Å². The number of ether oxygens (including phenoxy) is 1. The van der Waals surface area contributed by atoms with Gasteiger partial charge in [0.2, 0.25) is 0 Å². The third-order valence-corrected chi connectivity index (χ3v) is 5.05. The van der Waals surface area contributed by atoms with Gasteiger partial charge in [0.05, 0.1) is 11.3 Å². The third-order valence-electron chi connectivity index (χ3n) is 3.55. The molecule has 0 saturated carbocycles. The fourth-order valence-corrected chi connectivity index (χ4v) is 3.33. The van der Waals surface area contributed by atoms with Crippen LogP contribution >= 0.6 is 23.1 Å². The fourth-order valence-electron chi connectivity index (χ4n) is 2.18. The summed E-state index contributed by atoms with van der Waals surface area (Å²) in [7, 11) is 0. The Kier molecular flexibility index (Phi) is 6.20. The van der Waals surface area contributed by atoms with E-state index in [9.17, 15) is 14.0 Å². The highest BCUT2D eigenvalue weighted by atomic mass is 32.2. The van der Waals surface area contributed by atoms with Crippen LogP contribution in [0.4, 0.5) is 9.52 Å². The van der Waals surface area contributed by atoms with Crippen molar-refractivity contribution in [1.82, 2.24) is 4.98 Å². The number of anilines is 1. The number of halogens is 1. The van der Waals surface area contributed by atoms with E-state index in [2.05, 4.69) is 10.3 Å². The molecule has 8 heteroatoms. The lowest BCUT2D eigenvalue weighted by atomic mass is 10.2. The first-order valence-electron chi connectivity index (χ1n) is 7.87. The molecule has 0 aliphatic rings. The van der Waals surface area contributed by atoms with Gasteiger partial charge in [-0.3, -0.25) is 10.1 Å². The maximum absolute atomic E-state index is 13.0. The van der Waals surface area contributed by atoms with E-state index in [1.807, 2.05) is 18.4 Å². The molecule has 1 N–H and O–H groups in total. The Labute approximate surface area is 163 Å². The van der Waals surface area contributed by atoms with Crippen LogP contribution in [0.1, 0.15) is 10.4 Å². The minimum Gasteiger partial charge on any atom is -0.452 e. The molecule has 0 bridgehead atoms. The van der Waals surface area contributed by atoms with Gasteiger partial charge in [0, 0.05) is 15.8 Å². The van der Waals surface area contributed by atoms with E-state index in [4.69, 9.17) is 4.74 Å². The second kappa shape index (κ2) is 8.79. The summed E-state index contributed by atoms with van der Waals surface area (Å²) in [5, 5.41) is 4.71. The number of hydrogen-bond donors (Lipinski definition) is 1. The Hall–Kier alpha value is -2.71. The number of nitrogens with zero attached hydrogens (tertiary/aromatic N) is 1. The fraction of sp³-hybridized carbons (Fsp3) is 0.105. The topological polar surface area (TPSA) is 68.3 Å². The molecule has 27 heavy (non-hydrogen) atoms. The predicted molar refractivity (Wildman–Crippen MR) is 105 cm³/mol. The monoisotopic (exact) mass is 402 g/mol. The molecule has 0 saturated heterocycles. The standard InChI is InChI=1S/C19H15FN2O3S2/c1-26-15-8-4-13(5-9-15)18(24)25-10-17(23)22-19-21-16(11-27-19)12-2-6-14(20)7-3-12/h2-9,11H,10H2,1H3,(H,21,22,23). The molecule has 0 fully saturated rings. The molecule has 2 aromatic carbocycles. The van der Waals surface area contributed by atoms with Crippen molar-refractivity contribution in [3.63, 3.8) is 0 Å². The summed E-state index contributed by atoms with van der Waals surface area (Å²) in [6.07, 6.45) is 1.94. The number of benzene rings is 2. The average molecular weight is 402 g/mol. The zero-order valence-corrected chi connectivity index (χ0v) is 15.9. The number of hydrogen-bond acceptors (Lipinski definition) is 6. The molecule has 0 atom stereocenters. The number of thiazole rings is 1. The van der Waals surface area contributed by atoms with Crippen molar-refractivity contribution in [3.05, 3.63) is 65.3 Å². The average Bonchev–Trinajstić information content (AvgIpc) is 3.15. The summed E-state index contributed by atoms with van der Waals surface area (Å²) in [6.45, 7) is -0.408. The minimum atomic E-state index is -0.566. The van der Waals surface area contributed by atoms with Gasteiger partial charge in [-0.1, -0.05) is 0 Å². The van der Waals surface area contributed by atoms with E-state index in [-0.39, 0.29) is 5.82 Å². The zero-order chi connectivity index (χ0) is 19.2. The summed E-state index contributed by atoms with van der Waals surface area (Å²) >= 11 is 2.80. The van der Waals surface area contributed by atoms with Crippen molar-refractivity contribution in [1.29, 1.82) is 0 Å². The second-order valence-corrected chi connectivity index (χ2v) is 7.14. The zero-order valence-electron chi connectivity index (χ0n) is 14.3. The molecule has 3 rings (SSSR count). The van der Waals surface area contributed by atoms with Crippen LogP contribution in [0.5, 0.6) is 0 Å². The number of esters is 1. The van der Waals surface area contributed by atoms with Crippen molar-refractivity contribution < 1.29 is 18.7 Å². The second-order valence-electron chi connectivity index (χ2n) is 5.40. The first-order valence-corrected chi connectivity index (χ1v) is 9.98. The van der Waals surface area contributed by atoms with Crippen LogP contribution in [-0.2, 0) is 9.53 Å². The summed E-state index contributed by atoms with van der Waals surface area (Å²) in [4.78, 5) is 29.2. The molecule has 0 radical (unpaired) electrons. The van der Waals surface area contributed by atoms with E-state index in [0.29, 0.717) is 16.4 Å². The van der Waals surface area contributed by atoms with E-state index in [1.165, 1.54) is 23.5 Å². The van der Waals surface area contributed by atoms with Crippen LogP contribution < -0.4 is 5.32 Å². The molecule has 1 amide bonds. The highest BCUT2D eigenvalue weighted by Crippen LogP contribution is 2.25. The van der Waals surface area contributed by atoms with Crippen LogP contribution in [0, 0.1) is 5.82 Å². The van der Waals surface area contributed by atoms with E-state index in [0.717, 1.165) is 10.5 Å². The molecule has 0 aliphatic carbocycles. The number of rotatable bonds is 6. The van der Waals surface area contributed by atoms with Crippen LogP contribution in [-0.4, -0.2) is 29.7 Å². The Morgan fingerprint density at radius 3 is 2.52 bits per heavy atom. The highest BCUT2D eigenvalue weighted by Gasteiger charge is 2.12. The normalized spacial score (nSPS) is 10.4. The van der Waals surface area contributed by atoms with E-state index < -0.39 is 18.5 Å². The molecule has 1 aromatic heterocycles. The SMILES string of the molecule is CSc1ccc(C(=O)OCC(=O)Nc2nc(-c3ccc(F)cc3)cs2)cc1. The van der Waals surface area contributed by atoms with Crippen molar-refractivity contribution in [2.24, 2.45) is 0 Å². The van der Waals surface area contributed by atoms with Gasteiger partial charge in [-0.25, -0.2) is 14.2 Å². The molecule has 0 spiro atoms. The van der Waals surface area contributed by atoms with E-state index >= 15 is 0 Å². The minimum absolute atomic E-state index is 0.326. The third kappa shape index (κ3) is 5.15. The maximum Gasteiger partial charge on any atom is 0.338 e. The van der Waals surface area contributed by atoms with Crippen LogP contribution in [0.3, 0.4) is 0 Å². The quantitative estimate of drug-likeness (QED) is 0.487. The Balaban J connectivity index is 1.53. The smallest absolute Gasteiger partial charge is 0.338 e. The van der Waals surface area contributed by atoms with Gasteiger partial charge < -0.3 is 4.74 Å². The Bertz CT molecular complexity index is 940. The van der Waals surface area contributed by atoms with Gasteiger partial charge in [0.1, 0.15) is 5.82 Å². The van der Waals surface area contributed by atoms with Gasteiger partial charge in [-0.2, -0.15) is 0 Å². The number of aromatic nitrogens is 1. The van der Waals surface area contributed by atoms with Crippen LogP contribution in [0.15, 0.2) is 58.8 Å². The number of thioether (sulfide) groups is 1. The highest BCUT2D eigenvalue weighted by molar-refractivity contribution is 7.98. The molecule has 5 nitrogen and oxygen atoms in total. The van der Waals surface area contributed by atoms with Gasteiger partial charge >= 0.3 is 5.97 Å². The molecule has 138 valence electrons. The predicted octanol–water partition coefficient (Wildman–Crippen LogP) is 4.47. The Morgan fingerprint density at radius 1 is 1.15 bits per heavy atom. The largest absolute Gasteiger partial charge is 0.452 e. The summed E-state index contributed by atoms with van der Waals surface area (Å²) in [5.41, 5.74) is 1.75. The number of carbonyl (C=O) groups is 2. The number of amides is 1. The first kappa shape index (κ1) is 19.1. The van der Waals surface area contributed by atoms with Crippen molar-refractivity contribution in [2.75, 3.05) is 18.2 Å². The van der Waals surface area contributed by atoms with Crippen molar-refractivity contribution in [3.8, 4) is 11.3 Å². The number of carbonyl (C=O) groups excluding carboxylic acids is 2. The molecule has 0 aliphatic heterocycles. The van der Waals surface area contributed by atoms with Gasteiger partial charge in [-0.05, 0) is 54.8 Å². The van der Waals surface area contributed by atoms with E-state index in [1.54, 1.807) is 41.4 Å². The van der Waals surface area contributed by atoms with Gasteiger partial charge in [-0.15, -0.1) is 23.1 Å². The summed E-state index contributed by atoms with van der Waals surface area (Å²) in [5.74, 6) is -1.37. The van der Waals surface area contributed by atoms with Gasteiger partial charge in [0.15, 0.2) is 11.7 Å². The molecule has 0 unspecified atom stereocenters. The number of nitrogens with one attached hydrogen (secondary N) is 1. The lowest BCUT2D eigenvalue weighted by molar-refractivity contribution is -0.119. The molecular weight excluding hydrogens is 387 g/mol. The lowest BCUT2D eigenvalue weighted by Crippen LogP contribution is -2.20. The molecular formula is C19H15FN2O3S2. The summed E-state index contributed by atoms with van der Waals surface area (Å²) in [6, 6.07) is 12.8. The van der Waals surface area contributed by atoms with Crippen molar-refractivity contribution in [2.45, 2.75) is 4.90 Å². The Morgan fingerprint density at radius 2 is 1.85 bits per heavy atom. The lowest BCUT2D eigenvalue weighted by Gasteiger charge is -2.05. The van der Waals surface area contributed by atoms with Crippen molar-refractivity contribution >= 4 is 40.1 Å². The molecule has 3 aromatic rings. The van der Waals surface area contributed by atoms with Crippen LogP contribution in [0.2, 0.25) is 0 Å².